The lowest BCUT2D eigenvalue weighted by Crippen LogP contribution is -2.45. The van der Waals surface area contributed by atoms with Gasteiger partial charge in [-0.3, -0.25) is 0 Å². The van der Waals surface area contributed by atoms with Crippen molar-refractivity contribution in [3.8, 4) is 0 Å². The van der Waals surface area contributed by atoms with Crippen molar-refractivity contribution < 1.29 is 41.7 Å². The molecule has 0 heterocycles. The van der Waals surface area contributed by atoms with Gasteiger partial charge in [-0.2, -0.15) is 26.3 Å². The number of halogens is 6. The summed E-state index contributed by atoms with van der Waals surface area (Å²) in [6.45, 7) is 5.50. The molecule has 2 unspecified atom stereocenters. The van der Waals surface area contributed by atoms with Gasteiger partial charge in [0.15, 0.2) is 5.92 Å². The van der Waals surface area contributed by atoms with Gasteiger partial charge < -0.3 is 15.3 Å². The SMILES string of the molecule is CCCCC(CC)(c1ccc(CO)c(CO)c1)c1cccc(CCC(O)C(C(F)(F)F)C(F)(F)F)c1CC. The van der Waals surface area contributed by atoms with Crippen LogP contribution in [-0.4, -0.2) is 33.8 Å². The van der Waals surface area contributed by atoms with E-state index < -0.39 is 36.2 Å². The van der Waals surface area contributed by atoms with Crippen LogP contribution in [0.2, 0.25) is 0 Å². The summed E-state index contributed by atoms with van der Waals surface area (Å²) in [6, 6.07) is 11.0. The van der Waals surface area contributed by atoms with E-state index in [1.54, 1.807) is 18.2 Å². The molecule has 2 rings (SSSR count). The van der Waals surface area contributed by atoms with E-state index in [0.29, 0.717) is 29.5 Å². The second kappa shape index (κ2) is 13.3. The van der Waals surface area contributed by atoms with Gasteiger partial charge in [-0.1, -0.05) is 70.0 Å². The molecule has 0 saturated heterocycles. The Morgan fingerprint density at radius 1 is 0.816 bits per heavy atom. The zero-order chi connectivity index (χ0) is 28.7. The smallest absolute Gasteiger partial charge is 0.392 e. The molecule has 3 nitrogen and oxygen atoms in total. The highest BCUT2D eigenvalue weighted by Crippen LogP contribution is 2.45. The Bertz CT molecular complexity index is 1020. The molecule has 0 radical (unpaired) electrons. The predicted molar refractivity (Wildman–Crippen MR) is 135 cm³/mol. The molecule has 0 aliphatic heterocycles. The van der Waals surface area contributed by atoms with Crippen molar-refractivity contribution in [2.45, 2.75) is 103 Å². The predicted octanol–water partition coefficient (Wildman–Crippen LogP) is 7.15. The zero-order valence-electron chi connectivity index (χ0n) is 22.1. The van der Waals surface area contributed by atoms with Crippen LogP contribution in [0.1, 0.15) is 86.3 Å². The molecule has 0 spiro atoms. The Labute approximate surface area is 220 Å². The molecule has 0 aliphatic rings. The minimum Gasteiger partial charge on any atom is -0.392 e. The number of rotatable bonds is 13. The van der Waals surface area contributed by atoms with Crippen molar-refractivity contribution in [3.05, 3.63) is 69.8 Å². The van der Waals surface area contributed by atoms with Crippen LogP contribution in [0.4, 0.5) is 26.3 Å². The Kier molecular flexibility index (Phi) is 11.2. The van der Waals surface area contributed by atoms with Crippen molar-refractivity contribution in [1.29, 1.82) is 0 Å². The monoisotopic (exact) mass is 548 g/mol. The summed E-state index contributed by atoms with van der Waals surface area (Å²) in [5.74, 6) is -3.80. The first-order valence-electron chi connectivity index (χ1n) is 13.1. The summed E-state index contributed by atoms with van der Waals surface area (Å²) in [5, 5.41) is 29.5. The summed E-state index contributed by atoms with van der Waals surface area (Å²) in [6.07, 6.45) is -11.0. The Morgan fingerprint density at radius 3 is 1.95 bits per heavy atom. The van der Waals surface area contributed by atoms with Crippen LogP contribution in [0.5, 0.6) is 0 Å². The van der Waals surface area contributed by atoms with E-state index >= 15 is 0 Å². The standard InChI is InChI=1S/C29H38F6O3/c1-4-7-15-27(6-3,22-13-11-20(17-36)21(16-22)18-37)24-10-8-9-19(23(24)5-2)12-14-25(38)26(28(30,31)32)29(33,34)35/h8-11,13,16,25-26,36-38H,4-7,12,14-15,17-18H2,1-3H3. The molecular weight excluding hydrogens is 510 g/mol. The fraction of sp³-hybridized carbons (Fsp3) is 0.586. The van der Waals surface area contributed by atoms with Crippen LogP contribution in [0.3, 0.4) is 0 Å². The Balaban J connectivity index is 2.59. The molecule has 38 heavy (non-hydrogen) atoms. The van der Waals surface area contributed by atoms with Crippen molar-refractivity contribution in [3.63, 3.8) is 0 Å². The van der Waals surface area contributed by atoms with Gasteiger partial charge in [-0.05, 0) is 65.5 Å². The van der Waals surface area contributed by atoms with Gasteiger partial charge >= 0.3 is 12.4 Å². The summed E-state index contributed by atoms with van der Waals surface area (Å²) in [4.78, 5) is 0. The lowest BCUT2D eigenvalue weighted by atomic mass is 9.66. The number of hydrogen-bond acceptors (Lipinski definition) is 3. The number of aliphatic hydroxyl groups is 3. The minimum atomic E-state index is -5.60. The highest BCUT2D eigenvalue weighted by molar-refractivity contribution is 5.49. The highest BCUT2D eigenvalue weighted by atomic mass is 19.4. The van der Waals surface area contributed by atoms with Crippen LogP contribution in [0, 0.1) is 5.92 Å². The molecule has 2 aromatic rings. The van der Waals surface area contributed by atoms with Gasteiger partial charge in [-0.15, -0.1) is 0 Å². The summed E-state index contributed by atoms with van der Waals surface area (Å²) in [5.41, 5.74) is 4.00. The molecular formula is C29H38F6O3. The second-order valence-corrected chi connectivity index (χ2v) is 9.80. The number of unbranched alkanes of at least 4 members (excludes halogenated alkanes) is 1. The molecule has 9 heteroatoms. The van der Waals surface area contributed by atoms with Gasteiger partial charge in [0.2, 0.25) is 0 Å². The first-order valence-corrected chi connectivity index (χ1v) is 13.1. The van der Waals surface area contributed by atoms with Gasteiger partial charge in [0.1, 0.15) is 0 Å². The topological polar surface area (TPSA) is 60.7 Å². The maximum absolute atomic E-state index is 13.1. The van der Waals surface area contributed by atoms with Crippen molar-refractivity contribution in [2.75, 3.05) is 0 Å². The quantitative estimate of drug-likeness (QED) is 0.233. The van der Waals surface area contributed by atoms with Crippen LogP contribution < -0.4 is 0 Å². The summed E-state index contributed by atoms with van der Waals surface area (Å²) in [7, 11) is 0. The van der Waals surface area contributed by atoms with E-state index in [1.807, 2.05) is 32.0 Å². The average molecular weight is 549 g/mol. The molecule has 0 amide bonds. The van der Waals surface area contributed by atoms with Crippen LogP contribution in [-0.2, 0) is 31.5 Å². The molecule has 2 atom stereocenters. The average Bonchev–Trinajstić information content (AvgIpc) is 2.86. The highest BCUT2D eigenvalue weighted by Gasteiger charge is 2.59. The van der Waals surface area contributed by atoms with E-state index in [9.17, 15) is 41.7 Å². The number of aliphatic hydroxyl groups excluding tert-OH is 3. The first-order chi connectivity index (χ1) is 17.8. The molecule has 0 fully saturated rings. The van der Waals surface area contributed by atoms with Crippen LogP contribution >= 0.6 is 0 Å². The molecule has 214 valence electrons. The van der Waals surface area contributed by atoms with Crippen LogP contribution in [0.25, 0.3) is 0 Å². The lowest BCUT2D eigenvalue weighted by molar-refractivity contribution is -0.306. The summed E-state index contributed by atoms with van der Waals surface area (Å²) >= 11 is 0. The normalized spacial score (nSPS) is 15.1. The largest absolute Gasteiger partial charge is 0.403 e. The van der Waals surface area contributed by atoms with E-state index in [1.165, 1.54) is 0 Å². The first kappa shape index (κ1) is 32.1. The summed E-state index contributed by atoms with van der Waals surface area (Å²) < 4.78 is 78.7. The van der Waals surface area contributed by atoms with Gasteiger partial charge in [0.25, 0.3) is 0 Å². The molecule has 0 bridgehead atoms. The number of aryl methyl sites for hydroxylation is 1. The van der Waals surface area contributed by atoms with E-state index in [2.05, 4.69) is 6.92 Å². The minimum absolute atomic E-state index is 0.139. The molecule has 2 aromatic carbocycles. The molecule has 0 saturated carbocycles. The Hall–Kier alpha value is -2.10. The van der Waals surface area contributed by atoms with Crippen molar-refractivity contribution >= 4 is 0 Å². The zero-order valence-corrected chi connectivity index (χ0v) is 22.1. The maximum Gasteiger partial charge on any atom is 0.403 e. The second-order valence-electron chi connectivity index (χ2n) is 9.80. The third-order valence-electron chi connectivity index (χ3n) is 7.60. The third-order valence-corrected chi connectivity index (χ3v) is 7.60. The van der Waals surface area contributed by atoms with E-state index in [4.69, 9.17) is 0 Å². The van der Waals surface area contributed by atoms with Crippen LogP contribution in [0.15, 0.2) is 36.4 Å². The fourth-order valence-corrected chi connectivity index (χ4v) is 5.54. The number of alkyl halides is 6. The Morgan fingerprint density at radius 2 is 1.45 bits per heavy atom. The van der Waals surface area contributed by atoms with Crippen molar-refractivity contribution in [1.82, 2.24) is 0 Å². The van der Waals surface area contributed by atoms with E-state index in [-0.39, 0.29) is 19.6 Å². The fourth-order valence-electron chi connectivity index (χ4n) is 5.54. The molecule has 3 N–H and O–H groups in total. The van der Waals surface area contributed by atoms with E-state index in [0.717, 1.165) is 36.0 Å². The molecule has 0 aromatic heterocycles. The third kappa shape index (κ3) is 7.10. The molecule has 0 aliphatic carbocycles. The number of benzene rings is 2. The van der Waals surface area contributed by atoms with Gasteiger partial charge in [0, 0.05) is 5.41 Å². The maximum atomic E-state index is 13.1. The van der Waals surface area contributed by atoms with Crippen molar-refractivity contribution in [2.24, 2.45) is 5.92 Å². The van der Waals surface area contributed by atoms with Gasteiger partial charge in [0.05, 0.1) is 19.3 Å². The number of hydrogen-bond donors (Lipinski definition) is 3. The van der Waals surface area contributed by atoms with Gasteiger partial charge in [-0.25, -0.2) is 0 Å². The lowest BCUT2D eigenvalue weighted by Gasteiger charge is -2.37.